The van der Waals surface area contributed by atoms with Gasteiger partial charge in [-0.05, 0) is 12.1 Å². The molecule has 0 fully saturated rings. The van der Waals surface area contributed by atoms with Crippen molar-refractivity contribution in [3.05, 3.63) is 30.3 Å². The van der Waals surface area contributed by atoms with E-state index in [0.29, 0.717) is 11.0 Å². The van der Waals surface area contributed by atoms with E-state index in [0.717, 1.165) is 0 Å². The fraction of sp³-hybridized carbons (Fsp3) is 0.111. The Hall–Kier alpha value is -1.47. The lowest BCUT2D eigenvalue weighted by molar-refractivity contribution is -0.282. The molecule has 2 rings (SSSR count). The number of para-hydroxylation sites is 1. The second-order valence-electron chi connectivity index (χ2n) is 3.10. The summed E-state index contributed by atoms with van der Waals surface area (Å²) in [5.41, 5.74) is 0.112. The number of halogens is 3. The summed E-state index contributed by atoms with van der Waals surface area (Å²) in [6.45, 7) is 0. The maximum Gasteiger partial charge on any atom is 0.535 e. The zero-order valence-electron chi connectivity index (χ0n) is 7.86. The number of furan rings is 1. The number of hydrogen-bond donors (Lipinski definition) is 1. The van der Waals surface area contributed by atoms with E-state index in [1.54, 1.807) is 24.3 Å². The fourth-order valence-electron chi connectivity index (χ4n) is 1.31. The molecule has 2 aromatic rings. The van der Waals surface area contributed by atoms with E-state index in [4.69, 9.17) is 9.44 Å². The molecule has 0 saturated heterocycles. The molecule has 1 aromatic carbocycles. The molecule has 84 valence electrons. The third-order valence-corrected chi connectivity index (χ3v) is 1.93. The first-order valence-corrected chi connectivity index (χ1v) is 4.37. The second kappa shape index (κ2) is 3.84. The second-order valence-corrected chi connectivity index (χ2v) is 3.10. The summed E-state index contributed by atoms with van der Waals surface area (Å²) in [7, 11) is -2.15. The minimum absolute atomic E-state index is 0.279. The monoisotopic (exact) mass is 230 g/mol. The van der Waals surface area contributed by atoms with Gasteiger partial charge in [0, 0.05) is 5.39 Å². The van der Waals surface area contributed by atoms with Gasteiger partial charge in [-0.15, -0.1) is 13.2 Å². The van der Waals surface area contributed by atoms with Crippen LogP contribution >= 0.6 is 0 Å². The first-order chi connectivity index (χ1) is 7.46. The highest BCUT2D eigenvalue weighted by Gasteiger charge is 2.38. The van der Waals surface area contributed by atoms with E-state index in [2.05, 4.69) is 4.65 Å². The van der Waals surface area contributed by atoms with E-state index < -0.39 is 13.5 Å². The molecular formula is C9H6BF3O3. The number of rotatable bonds is 2. The molecule has 0 aliphatic heterocycles. The van der Waals surface area contributed by atoms with Crippen molar-refractivity contribution < 1.29 is 27.3 Å². The number of fused-ring (bicyclic) bond motifs is 1. The van der Waals surface area contributed by atoms with E-state index in [9.17, 15) is 13.2 Å². The molecule has 3 nitrogen and oxygen atoms in total. The molecule has 0 aliphatic rings. The smallest absolute Gasteiger partial charge is 0.465 e. The van der Waals surface area contributed by atoms with Crippen molar-refractivity contribution in [2.45, 2.75) is 6.36 Å². The molecule has 1 aromatic heterocycles. The SMILES string of the molecule is OB(OC(F)(F)F)c1cc2ccccc2o1. The highest BCUT2D eigenvalue weighted by Crippen LogP contribution is 2.18. The largest absolute Gasteiger partial charge is 0.535 e. The van der Waals surface area contributed by atoms with Gasteiger partial charge in [-0.25, -0.2) is 0 Å². The highest BCUT2D eigenvalue weighted by atomic mass is 19.4. The third kappa shape index (κ3) is 2.37. The predicted molar refractivity (Wildman–Crippen MR) is 51.0 cm³/mol. The van der Waals surface area contributed by atoms with Gasteiger partial charge in [0.15, 0.2) is 0 Å². The highest BCUT2D eigenvalue weighted by molar-refractivity contribution is 6.58. The van der Waals surface area contributed by atoms with Gasteiger partial charge in [0.05, 0.1) is 0 Å². The fourth-order valence-corrected chi connectivity index (χ4v) is 1.31. The van der Waals surface area contributed by atoms with Gasteiger partial charge in [-0.3, -0.25) is 0 Å². The van der Waals surface area contributed by atoms with Crippen LogP contribution in [0.5, 0.6) is 0 Å². The average Bonchev–Trinajstić information content (AvgIpc) is 2.58. The normalized spacial score (nSPS) is 12.0. The van der Waals surface area contributed by atoms with Crippen molar-refractivity contribution in [2.75, 3.05) is 0 Å². The lowest BCUT2D eigenvalue weighted by Crippen LogP contribution is -2.37. The molecule has 0 radical (unpaired) electrons. The van der Waals surface area contributed by atoms with Gasteiger partial charge in [0.1, 0.15) is 11.2 Å². The molecular weight excluding hydrogens is 224 g/mol. The molecule has 7 heteroatoms. The minimum atomic E-state index is -4.90. The number of benzene rings is 1. The van der Waals surface area contributed by atoms with Crippen LogP contribution in [-0.2, 0) is 4.65 Å². The van der Waals surface area contributed by atoms with Crippen molar-refractivity contribution in [1.82, 2.24) is 0 Å². The summed E-state index contributed by atoms with van der Waals surface area (Å²) >= 11 is 0. The topological polar surface area (TPSA) is 42.6 Å². The Labute approximate surface area is 88.6 Å². The molecule has 16 heavy (non-hydrogen) atoms. The molecule has 0 saturated carbocycles. The Morgan fingerprint density at radius 2 is 1.94 bits per heavy atom. The summed E-state index contributed by atoms with van der Waals surface area (Å²) in [5, 5.41) is 9.72. The zero-order valence-corrected chi connectivity index (χ0v) is 7.86. The Kier molecular flexibility index (Phi) is 2.65. The molecule has 0 spiro atoms. The Balaban J connectivity index is 2.26. The molecule has 0 aliphatic carbocycles. The maximum absolute atomic E-state index is 11.8. The Morgan fingerprint density at radius 1 is 1.25 bits per heavy atom. The summed E-state index contributed by atoms with van der Waals surface area (Å²) in [6.07, 6.45) is -4.90. The van der Waals surface area contributed by atoms with Gasteiger partial charge >= 0.3 is 13.5 Å². The molecule has 1 N–H and O–H groups in total. The van der Waals surface area contributed by atoms with Crippen LogP contribution < -0.4 is 5.66 Å². The van der Waals surface area contributed by atoms with E-state index in [1.165, 1.54) is 6.07 Å². The first-order valence-electron chi connectivity index (χ1n) is 4.37. The molecule has 1 heterocycles. The number of hydrogen-bond acceptors (Lipinski definition) is 3. The van der Waals surface area contributed by atoms with E-state index >= 15 is 0 Å². The Morgan fingerprint density at radius 3 is 2.56 bits per heavy atom. The quantitative estimate of drug-likeness (QED) is 0.797. The summed E-state index contributed by atoms with van der Waals surface area (Å²) in [4.78, 5) is 0. The van der Waals surface area contributed by atoms with Crippen LogP contribution in [0.15, 0.2) is 34.7 Å². The van der Waals surface area contributed by atoms with Crippen LogP contribution in [0.1, 0.15) is 0 Å². The minimum Gasteiger partial charge on any atom is -0.465 e. The maximum atomic E-state index is 11.8. The summed E-state index contributed by atoms with van der Waals surface area (Å²) in [6, 6.07) is 7.92. The average molecular weight is 230 g/mol. The van der Waals surface area contributed by atoms with Gasteiger partial charge in [0.25, 0.3) is 0 Å². The van der Waals surface area contributed by atoms with Crippen molar-refractivity contribution in [1.29, 1.82) is 0 Å². The van der Waals surface area contributed by atoms with Crippen molar-refractivity contribution in [2.24, 2.45) is 0 Å². The summed E-state index contributed by atoms with van der Waals surface area (Å²) in [5.74, 6) is 0. The van der Waals surface area contributed by atoms with Crippen LogP contribution in [-0.4, -0.2) is 18.5 Å². The van der Waals surface area contributed by atoms with Gasteiger partial charge in [0.2, 0.25) is 0 Å². The van der Waals surface area contributed by atoms with Gasteiger partial charge in [-0.1, -0.05) is 18.2 Å². The van der Waals surface area contributed by atoms with Gasteiger partial charge < -0.3 is 14.1 Å². The van der Waals surface area contributed by atoms with Crippen LogP contribution in [0.2, 0.25) is 0 Å². The predicted octanol–water partition coefficient (Wildman–Crippen LogP) is 1.66. The first kappa shape index (κ1) is 11.0. The standard InChI is InChI=1S/C9H6BF3O3/c11-9(12,13)16-10(14)8-5-6-3-1-2-4-7(6)15-8/h1-5,14H. The Bertz CT molecular complexity index is 461. The van der Waals surface area contributed by atoms with Crippen molar-refractivity contribution in [3.8, 4) is 0 Å². The summed E-state index contributed by atoms with van der Waals surface area (Å²) < 4.78 is 43.9. The zero-order chi connectivity index (χ0) is 11.8. The molecule has 0 atom stereocenters. The van der Waals surface area contributed by atoms with Crippen LogP contribution in [0.4, 0.5) is 13.2 Å². The molecule has 0 amide bonds. The number of alkyl halides is 3. The lowest BCUT2D eigenvalue weighted by atomic mass is 9.87. The van der Waals surface area contributed by atoms with Crippen LogP contribution in [0.3, 0.4) is 0 Å². The van der Waals surface area contributed by atoms with Crippen LogP contribution in [0.25, 0.3) is 11.0 Å². The molecule has 0 bridgehead atoms. The molecule has 0 unspecified atom stereocenters. The lowest BCUT2D eigenvalue weighted by Gasteiger charge is -2.07. The van der Waals surface area contributed by atoms with Gasteiger partial charge in [-0.2, -0.15) is 0 Å². The van der Waals surface area contributed by atoms with Crippen LogP contribution in [0, 0.1) is 0 Å². The van der Waals surface area contributed by atoms with E-state index in [1.807, 2.05) is 0 Å². The van der Waals surface area contributed by atoms with Crippen molar-refractivity contribution >= 4 is 23.7 Å². The van der Waals surface area contributed by atoms with E-state index in [-0.39, 0.29) is 5.66 Å². The van der Waals surface area contributed by atoms with Crippen molar-refractivity contribution in [3.63, 3.8) is 0 Å². The third-order valence-electron chi connectivity index (χ3n) is 1.93.